The summed E-state index contributed by atoms with van der Waals surface area (Å²) < 4.78 is 0. The van der Waals surface area contributed by atoms with E-state index in [1.165, 1.54) is 0 Å². The molecule has 0 rings (SSSR count). The van der Waals surface area contributed by atoms with Crippen molar-refractivity contribution in [2.45, 2.75) is 60.2 Å². The third-order valence-electron chi connectivity index (χ3n) is 2.45. The van der Waals surface area contributed by atoms with Gasteiger partial charge in [0.25, 0.3) is 0 Å². The first-order valence-corrected chi connectivity index (χ1v) is 4.91. The Hall–Kier alpha value is 0.790. The first kappa shape index (κ1) is 17.2. The van der Waals surface area contributed by atoms with Gasteiger partial charge >= 0.3 is 0 Å². The molecule has 0 bridgehead atoms. The zero-order valence-corrected chi connectivity index (χ0v) is 12.1. The van der Waals surface area contributed by atoms with Gasteiger partial charge < -0.3 is 10.2 Å². The average molecular weight is 233 g/mol. The Kier molecular flexibility index (Phi) is 7.07. The smallest absolute Gasteiger partial charge is 0.0613 e. The van der Waals surface area contributed by atoms with E-state index in [9.17, 15) is 10.2 Å². The van der Waals surface area contributed by atoms with E-state index in [0.717, 1.165) is 0 Å². The van der Waals surface area contributed by atoms with Crippen LogP contribution < -0.4 is 0 Å². The molecule has 0 spiro atoms. The fourth-order valence-corrected chi connectivity index (χ4v) is 0.919. The number of aliphatic hydroxyl groups excluding tert-OH is 2. The van der Waals surface area contributed by atoms with Gasteiger partial charge in [-0.1, -0.05) is 41.5 Å². The summed E-state index contributed by atoms with van der Waals surface area (Å²) in [6, 6.07) is 0. The largest absolute Gasteiger partial charge is 0.392 e. The van der Waals surface area contributed by atoms with Crippen molar-refractivity contribution in [1.29, 1.82) is 0 Å². The van der Waals surface area contributed by atoms with Gasteiger partial charge in [-0.25, -0.2) is 0 Å². The third-order valence-corrected chi connectivity index (χ3v) is 2.45. The molecule has 3 heteroatoms. The second kappa shape index (κ2) is 5.76. The minimum absolute atomic E-state index is 0. The van der Waals surface area contributed by atoms with E-state index in [0.29, 0.717) is 6.42 Å². The molecule has 0 saturated heterocycles. The Morgan fingerprint density at radius 3 is 1.14 bits per heavy atom. The molecular weight excluding hydrogens is 209 g/mol. The minimum Gasteiger partial charge on any atom is -0.392 e. The van der Waals surface area contributed by atoms with E-state index >= 15 is 0 Å². The van der Waals surface area contributed by atoms with E-state index in [4.69, 9.17) is 0 Å². The summed E-state index contributed by atoms with van der Waals surface area (Å²) in [5.74, 6) is 0. The van der Waals surface area contributed by atoms with Gasteiger partial charge in [0.05, 0.1) is 12.2 Å². The van der Waals surface area contributed by atoms with Crippen molar-refractivity contribution in [3.63, 3.8) is 0 Å². The fraction of sp³-hybridized carbons (Fsp3) is 1.00. The van der Waals surface area contributed by atoms with Gasteiger partial charge in [-0.05, 0) is 10.8 Å². The fourth-order valence-electron chi connectivity index (χ4n) is 0.919. The molecular formula is C11H24O2Sc. The van der Waals surface area contributed by atoms with E-state index in [1.54, 1.807) is 0 Å². The molecule has 14 heavy (non-hydrogen) atoms. The SMILES string of the molecule is CC(C)(C)C(O)CC(O)C(C)(C)C.[Sc]. The molecule has 0 aromatic rings. The van der Waals surface area contributed by atoms with Crippen LogP contribution in [0.1, 0.15) is 48.0 Å². The molecule has 2 nitrogen and oxygen atoms in total. The normalized spacial score (nSPS) is 17.1. The van der Waals surface area contributed by atoms with Gasteiger partial charge in [0.15, 0.2) is 0 Å². The summed E-state index contributed by atoms with van der Waals surface area (Å²) in [5, 5.41) is 19.5. The quantitative estimate of drug-likeness (QED) is 0.767. The van der Waals surface area contributed by atoms with Crippen LogP contribution >= 0.6 is 0 Å². The summed E-state index contributed by atoms with van der Waals surface area (Å²) in [6.07, 6.45) is -0.434. The molecule has 0 heterocycles. The van der Waals surface area contributed by atoms with Crippen LogP contribution in [0.5, 0.6) is 0 Å². The van der Waals surface area contributed by atoms with Gasteiger partial charge in [0.2, 0.25) is 0 Å². The van der Waals surface area contributed by atoms with Gasteiger partial charge in [-0.2, -0.15) is 0 Å². The summed E-state index contributed by atoms with van der Waals surface area (Å²) in [5.41, 5.74) is -0.293. The van der Waals surface area contributed by atoms with Crippen LogP contribution in [-0.4, -0.2) is 22.4 Å². The van der Waals surface area contributed by atoms with Crippen LogP contribution in [0.2, 0.25) is 0 Å². The molecule has 2 atom stereocenters. The maximum Gasteiger partial charge on any atom is 0.0613 e. The summed E-state index contributed by atoms with van der Waals surface area (Å²) >= 11 is 0. The first-order valence-electron chi connectivity index (χ1n) is 4.91. The summed E-state index contributed by atoms with van der Waals surface area (Å²) in [6.45, 7) is 11.9. The van der Waals surface area contributed by atoms with Gasteiger partial charge in [0.1, 0.15) is 0 Å². The minimum atomic E-state index is -0.443. The van der Waals surface area contributed by atoms with Gasteiger partial charge in [0, 0.05) is 32.3 Å². The second-order valence-corrected chi connectivity index (χ2v) is 6.00. The maximum absolute atomic E-state index is 9.76. The zero-order chi connectivity index (χ0) is 10.9. The van der Waals surface area contributed by atoms with E-state index in [-0.39, 0.29) is 36.7 Å². The maximum atomic E-state index is 9.76. The molecule has 0 aromatic carbocycles. The average Bonchev–Trinajstić information content (AvgIpc) is 1.82. The molecule has 2 N–H and O–H groups in total. The van der Waals surface area contributed by atoms with Crippen molar-refractivity contribution in [2.24, 2.45) is 10.8 Å². The van der Waals surface area contributed by atoms with Crippen LogP contribution in [0.15, 0.2) is 0 Å². The molecule has 0 aliphatic heterocycles. The third kappa shape index (κ3) is 6.31. The summed E-state index contributed by atoms with van der Waals surface area (Å²) in [7, 11) is 0. The molecule has 0 fully saturated rings. The second-order valence-electron chi connectivity index (χ2n) is 6.00. The topological polar surface area (TPSA) is 40.5 Å². The molecule has 0 aliphatic rings. The molecule has 83 valence electrons. The Bertz CT molecular complexity index is 138. The van der Waals surface area contributed by atoms with Crippen molar-refractivity contribution in [2.75, 3.05) is 0 Å². The van der Waals surface area contributed by atoms with Crippen molar-refractivity contribution in [3.8, 4) is 0 Å². The number of hydrogen-bond donors (Lipinski definition) is 2. The van der Waals surface area contributed by atoms with Crippen LogP contribution in [-0.2, 0) is 25.8 Å². The zero-order valence-electron chi connectivity index (χ0n) is 10.3. The van der Waals surface area contributed by atoms with Crippen LogP contribution in [0.4, 0.5) is 0 Å². The van der Waals surface area contributed by atoms with Crippen molar-refractivity contribution in [3.05, 3.63) is 0 Å². The van der Waals surface area contributed by atoms with Gasteiger partial charge in [-0.3, -0.25) is 0 Å². The van der Waals surface area contributed by atoms with E-state index < -0.39 is 12.2 Å². The Morgan fingerprint density at radius 2 is 1.00 bits per heavy atom. The summed E-state index contributed by atoms with van der Waals surface area (Å²) in [4.78, 5) is 0. The van der Waals surface area contributed by atoms with E-state index in [1.807, 2.05) is 41.5 Å². The van der Waals surface area contributed by atoms with E-state index in [2.05, 4.69) is 0 Å². The van der Waals surface area contributed by atoms with Crippen LogP contribution in [0, 0.1) is 10.8 Å². The standard InChI is InChI=1S/C11H24O2.Sc/c1-10(2,3)8(12)7-9(13)11(4,5)6;/h8-9,12-13H,7H2,1-6H3;. The number of hydrogen-bond acceptors (Lipinski definition) is 2. The predicted molar refractivity (Wildman–Crippen MR) is 55.5 cm³/mol. The molecule has 0 aliphatic carbocycles. The van der Waals surface area contributed by atoms with Gasteiger partial charge in [-0.15, -0.1) is 0 Å². The molecule has 0 amide bonds. The van der Waals surface area contributed by atoms with Crippen molar-refractivity contribution in [1.82, 2.24) is 0 Å². The van der Waals surface area contributed by atoms with Crippen LogP contribution in [0.3, 0.4) is 0 Å². The Balaban J connectivity index is 0. The van der Waals surface area contributed by atoms with Crippen molar-refractivity contribution < 1.29 is 36.1 Å². The molecule has 1 radical (unpaired) electrons. The number of aliphatic hydroxyl groups is 2. The predicted octanol–water partition coefficient (Wildman–Crippen LogP) is 2.19. The number of rotatable bonds is 2. The molecule has 0 saturated carbocycles. The first-order chi connectivity index (χ1) is 5.55. The Labute approximate surface area is 107 Å². The molecule has 0 aromatic heterocycles. The monoisotopic (exact) mass is 233 g/mol. The van der Waals surface area contributed by atoms with Crippen molar-refractivity contribution >= 4 is 0 Å². The van der Waals surface area contributed by atoms with Crippen LogP contribution in [0.25, 0.3) is 0 Å². The Morgan fingerprint density at radius 1 is 0.786 bits per heavy atom. The molecule has 2 unspecified atom stereocenters.